The van der Waals surface area contributed by atoms with Gasteiger partial charge in [0.2, 0.25) is 0 Å². The van der Waals surface area contributed by atoms with Crippen molar-refractivity contribution in [1.82, 2.24) is 15.2 Å². The monoisotopic (exact) mass is 361 g/mol. The van der Waals surface area contributed by atoms with E-state index in [2.05, 4.69) is 15.2 Å². The number of amides is 2. The van der Waals surface area contributed by atoms with Crippen molar-refractivity contribution in [3.05, 3.63) is 11.4 Å². The van der Waals surface area contributed by atoms with E-state index >= 15 is 0 Å². The van der Waals surface area contributed by atoms with Crippen LogP contribution < -0.4 is 10.0 Å². The number of carbonyl (C=O) groups excluding carboxylic acids is 1. The molecule has 1 atom stereocenters. The van der Waals surface area contributed by atoms with Gasteiger partial charge in [-0.1, -0.05) is 0 Å². The fourth-order valence-corrected chi connectivity index (χ4v) is 3.14. The Morgan fingerprint density at radius 2 is 1.75 bits per heavy atom. The lowest BCUT2D eigenvalue weighted by Gasteiger charge is -2.21. The van der Waals surface area contributed by atoms with Crippen molar-refractivity contribution in [3.63, 3.8) is 0 Å². The zero-order chi connectivity index (χ0) is 15.7. The lowest BCUT2D eigenvalue weighted by Crippen LogP contribution is -2.47. The van der Waals surface area contributed by atoms with E-state index in [1.54, 1.807) is 13.8 Å². The molecule has 0 radical (unpaired) electrons. The van der Waals surface area contributed by atoms with E-state index in [-0.39, 0.29) is 4.31 Å². The number of aryl methyl sites for hydroxylation is 2. The third kappa shape index (κ3) is 3.40. The number of aromatic nitrogens is 3. The summed E-state index contributed by atoms with van der Waals surface area (Å²) in [4.78, 5) is 13.7. The predicted octanol–water partition coefficient (Wildman–Crippen LogP) is 1.07. The zero-order valence-electron chi connectivity index (χ0n) is 10.3. The minimum atomic E-state index is -4.49. The highest BCUT2D eigenvalue weighted by molar-refractivity contribution is 7.95. The lowest BCUT2D eigenvalue weighted by atomic mass is 10.4. The summed E-state index contributed by atoms with van der Waals surface area (Å²) in [5.74, 6) is -0.528. The Hall–Kier alpha value is -0.900. The summed E-state index contributed by atoms with van der Waals surface area (Å²) in [6, 6.07) is -1.35. The van der Waals surface area contributed by atoms with Gasteiger partial charge < -0.3 is 5.73 Å². The highest BCUT2D eigenvalue weighted by atomic mass is 35.5. The maximum Gasteiger partial charge on any atom is 0.335 e. The van der Waals surface area contributed by atoms with Crippen LogP contribution in [0.3, 0.4) is 0 Å². The molecule has 0 spiro atoms. The van der Waals surface area contributed by atoms with Crippen molar-refractivity contribution < 1.29 is 13.2 Å². The number of nitrogens with two attached hydrogens (primary N) is 1. The molecule has 20 heavy (non-hydrogen) atoms. The number of urea groups is 1. The fourth-order valence-electron chi connectivity index (χ4n) is 1.10. The van der Waals surface area contributed by atoms with Gasteiger partial charge in [-0.05, 0) is 13.8 Å². The average molecular weight is 363 g/mol. The molecule has 112 valence electrons. The normalized spacial score (nSPS) is 13.3. The molecule has 1 aromatic rings. The van der Waals surface area contributed by atoms with Gasteiger partial charge in [0.15, 0.2) is 4.71 Å². The molecular formula is C8H10Cl3N5O3S. The molecule has 0 aromatic carbocycles. The van der Waals surface area contributed by atoms with Gasteiger partial charge in [-0.3, -0.25) is 0 Å². The summed E-state index contributed by atoms with van der Waals surface area (Å²) in [6.45, 7) is 3.17. The fraction of sp³-hybridized carbons (Fsp3) is 0.500. The number of rotatable bonds is 4. The summed E-state index contributed by atoms with van der Waals surface area (Å²) in [7, 11) is -4.49. The number of hydrogen-bond donors (Lipinski definition) is 1. The molecule has 0 aliphatic heterocycles. The van der Waals surface area contributed by atoms with E-state index in [9.17, 15) is 13.2 Å². The SMILES string of the molecule is Cc1nnc(N(C(N)=O)S(=O)(=O)C(Cl)C(Cl)Cl)nc1C. The smallest absolute Gasteiger partial charge is 0.335 e. The molecule has 0 saturated carbocycles. The number of alkyl halides is 3. The number of sulfonamides is 1. The van der Waals surface area contributed by atoms with Crippen molar-refractivity contribution in [2.75, 3.05) is 4.31 Å². The van der Waals surface area contributed by atoms with Crippen LogP contribution >= 0.6 is 34.8 Å². The third-order valence-corrected chi connectivity index (χ3v) is 5.88. The maximum atomic E-state index is 12.1. The molecule has 0 aliphatic rings. The summed E-state index contributed by atoms with van der Waals surface area (Å²) in [5.41, 5.74) is 5.87. The standard InChI is InChI=1S/C8H10Cl3N5O3S/c1-3-4(2)14-15-8(13-3)16(7(12)17)20(18,19)6(11)5(9)10/h5-6H,1-2H3,(H2,12,17). The second kappa shape index (κ2) is 6.25. The number of hydrogen-bond acceptors (Lipinski definition) is 6. The second-order valence-corrected chi connectivity index (χ2v) is 7.41. The van der Waals surface area contributed by atoms with Crippen LogP contribution in [-0.2, 0) is 10.0 Å². The predicted molar refractivity (Wildman–Crippen MR) is 75.4 cm³/mol. The van der Waals surface area contributed by atoms with Gasteiger partial charge in [0.05, 0.1) is 11.4 Å². The number of anilines is 1. The number of nitrogens with zero attached hydrogens (tertiary/aromatic N) is 4. The second-order valence-electron chi connectivity index (χ2n) is 3.62. The van der Waals surface area contributed by atoms with E-state index in [1.807, 2.05) is 0 Å². The number of halogens is 3. The van der Waals surface area contributed by atoms with Crippen LogP contribution in [0.25, 0.3) is 0 Å². The summed E-state index contributed by atoms with van der Waals surface area (Å²) in [6.07, 6.45) is 0. The van der Waals surface area contributed by atoms with Crippen molar-refractivity contribution in [2.24, 2.45) is 5.73 Å². The highest BCUT2D eigenvalue weighted by Gasteiger charge is 2.40. The van der Waals surface area contributed by atoms with Crippen LogP contribution in [0.2, 0.25) is 0 Å². The van der Waals surface area contributed by atoms with Crippen molar-refractivity contribution in [1.29, 1.82) is 0 Å². The average Bonchev–Trinajstić information content (AvgIpc) is 2.31. The first kappa shape index (κ1) is 17.2. The van der Waals surface area contributed by atoms with Crippen molar-refractivity contribution in [2.45, 2.75) is 23.4 Å². The maximum absolute atomic E-state index is 12.1. The Morgan fingerprint density at radius 1 is 1.20 bits per heavy atom. The molecular weight excluding hydrogens is 353 g/mol. The largest absolute Gasteiger partial charge is 0.350 e. The van der Waals surface area contributed by atoms with E-state index in [0.717, 1.165) is 0 Å². The molecule has 1 rings (SSSR count). The van der Waals surface area contributed by atoms with E-state index in [1.165, 1.54) is 0 Å². The third-order valence-electron chi connectivity index (χ3n) is 2.20. The first-order chi connectivity index (χ1) is 9.09. The Kier molecular flexibility index (Phi) is 5.36. The molecule has 0 fully saturated rings. The Morgan fingerprint density at radius 3 is 2.15 bits per heavy atom. The molecule has 1 aromatic heterocycles. The van der Waals surface area contributed by atoms with E-state index in [4.69, 9.17) is 40.5 Å². The van der Waals surface area contributed by atoms with Crippen molar-refractivity contribution in [3.8, 4) is 0 Å². The highest BCUT2D eigenvalue weighted by Crippen LogP contribution is 2.25. The van der Waals surface area contributed by atoms with Crippen molar-refractivity contribution >= 4 is 56.8 Å². The van der Waals surface area contributed by atoms with Crippen LogP contribution in [0, 0.1) is 13.8 Å². The zero-order valence-corrected chi connectivity index (χ0v) is 13.4. The Labute approximate surface area is 130 Å². The van der Waals surface area contributed by atoms with E-state index < -0.39 is 31.5 Å². The lowest BCUT2D eigenvalue weighted by molar-refractivity contribution is 0.256. The molecule has 1 heterocycles. The van der Waals surface area contributed by atoms with E-state index in [0.29, 0.717) is 11.4 Å². The molecule has 2 amide bonds. The summed E-state index contributed by atoms with van der Waals surface area (Å²) >= 11 is 16.4. The molecule has 12 heteroatoms. The first-order valence-electron chi connectivity index (χ1n) is 5.02. The van der Waals surface area contributed by atoms with Gasteiger partial charge in [0, 0.05) is 0 Å². The quantitative estimate of drug-likeness (QED) is 0.800. The van der Waals surface area contributed by atoms with Gasteiger partial charge in [0.1, 0.15) is 4.84 Å². The van der Waals surface area contributed by atoms with Gasteiger partial charge in [-0.15, -0.1) is 39.9 Å². The Balaban J connectivity index is 3.39. The van der Waals surface area contributed by atoms with Crippen LogP contribution in [0.1, 0.15) is 11.4 Å². The molecule has 1 unspecified atom stereocenters. The molecule has 0 bridgehead atoms. The van der Waals surface area contributed by atoms with Gasteiger partial charge in [0.25, 0.3) is 16.0 Å². The number of carbonyl (C=O) groups is 1. The molecule has 2 N–H and O–H groups in total. The van der Waals surface area contributed by atoms with Gasteiger partial charge in [-0.2, -0.15) is 9.40 Å². The summed E-state index contributed by atoms with van der Waals surface area (Å²) in [5, 5.41) is 7.17. The van der Waals surface area contributed by atoms with Gasteiger partial charge >= 0.3 is 6.03 Å². The topological polar surface area (TPSA) is 119 Å². The van der Waals surface area contributed by atoms with Crippen LogP contribution in [0.5, 0.6) is 0 Å². The number of primary amides is 1. The Bertz CT molecular complexity index is 624. The van der Waals surface area contributed by atoms with Crippen LogP contribution in [0.4, 0.5) is 10.7 Å². The molecule has 0 saturated heterocycles. The van der Waals surface area contributed by atoms with Crippen LogP contribution in [0.15, 0.2) is 0 Å². The molecule has 8 nitrogen and oxygen atoms in total. The minimum absolute atomic E-state index is 0.113. The van der Waals surface area contributed by atoms with Crippen LogP contribution in [-0.4, -0.2) is 39.2 Å². The summed E-state index contributed by atoms with van der Waals surface area (Å²) < 4.78 is 22.6. The van der Waals surface area contributed by atoms with Gasteiger partial charge in [-0.25, -0.2) is 18.2 Å². The minimum Gasteiger partial charge on any atom is -0.350 e. The molecule has 0 aliphatic carbocycles. The first-order valence-corrected chi connectivity index (χ1v) is 7.84.